The number of methoxy groups -OCH3 is 2. The first-order valence-electron chi connectivity index (χ1n) is 6.47. The summed E-state index contributed by atoms with van der Waals surface area (Å²) in [6.07, 6.45) is 0. The van der Waals surface area contributed by atoms with Crippen LogP contribution < -0.4 is 15.2 Å². The number of hydrogen-bond acceptors (Lipinski definition) is 5. The van der Waals surface area contributed by atoms with Gasteiger partial charge in [-0.2, -0.15) is 0 Å². The second-order valence-electron chi connectivity index (χ2n) is 4.55. The normalized spacial score (nSPS) is 10.6. The number of benzene rings is 2. The molecule has 1 heterocycles. The smallest absolute Gasteiger partial charge is 0.162 e. The van der Waals surface area contributed by atoms with Gasteiger partial charge in [-0.1, -0.05) is 12.1 Å². The van der Waals surface area contributed by atoms with Gasteiger partial charge in [0.1, 0.15) is 17.3 Å². The SMILES string of the molecule is COc1cccc(-c2nc(N)c3cc(OC)ccc3n2)c1. The lowest BCUT2D eigenvalue weighted by Gasteiger charge is -2.08. The van der Waals surface area contributed by atoms with Crippen molar-refractivity contribution in [3.63, 3.8) is 0 Å². The molecular formula is C16H15N3O2. The zero-order valence-electron chi connectivity index (χ0n) is 11.8. The van der Waals surface area contributed by atoms with Crippen LogP contribution in [0.4, 0.5) is 5.82 Å². The predicted molar refractivity (Wildman–Crippen MR) is 82.5 cm³/mol. The number of aromatic nitrogens is 2. The minimum absolute atomic E-state index is 0.428. The van der Waals surface area contributed by atoms with Gasteiger partial charge in [0.25, 0.3) is 0 Å². The molecule has 0 aliphatic rings. The molecule has 106 valence electrons. The van der Waals surface area contributed by atoms with Gasteiger partial charge in [-0.3, -0.25) is 0 Å². The molecule has 3 aromatic rings. The van der Waals surface area contributed by atoms with Crippen molar-refractivity contribution in [2.45, 2.75) is 0 Å². The van der Waals surface area contributed by atoms with E-state index in [1.807, 2.05) is 42.5 Å². The van der Waals surface area contributed by atoms with Crippen LogP contribution in [0.5, 0.6) is 11.5 Å². The van der Waals surface area contributed by atoms with E-state index in [1.54, 1.807) is 14.2 Å². The van der Waals surface area contributed by atoms with Gasteiger partial charge in [0.05, 0.1) is 19.7 Å². The molecule has 0 bridgehead atoms. The van der Waals surface area contributed by atoms with Crippen LogP contribution in [0.3, 0.4) is 0 Å². The highest BCUT2D eigenvalue weighted by Gasteiger charge is 2.09. The summed E-state index contributed by atoms with van der Waals surface area (Å²) in [6.45, 7) is 0. The fraction of sp³-hybridized carbons (Fsp3) is 0.125. The van der Waals surface area contributed by atoms with Gasteiger partial charge in [-0.25, -0.2) is 9.97 Å². The minimum atomic E-state index is 0.428. The molecule has 2 N–H and O–H groups in total. The highest BCUT2D eigenvalue weighted by Crippen LogP contribution is 2.27. The minimum Gasteiger partial charge on any atom is -0.497 e. The van der Waals surface area contributed by atoms with Crippen molar-refractivity contribution >= 4 is 16.7 Å². The molecule has 0 saturated carbocycles. The molecular weight excluding hydrogens is 266 g/mol. The highest BCUT2D eigenvalue weighted by atomic mass is 16.5. The summed E-state index contributed by atoms with van der Waals surface area (Å²) in [4.78, 5) is 8.93. The summed E-state index contributed by atoms with van der Waals surface area (Å²) in [7, 11) is 3.24. The van der Waals surface area contributed by atoms with Crippen LogP contribution in [0.1, 0.15) is 0 Å². The second-order valence-corrected chi connectivity index (χ2v) is 4.55. The number of fused-ring (bicyclic) bond motifs is 1. The maximum absolute atomic E-state index is 6.05. The molecule has 21 heavy (non-hydrogen) atoms. The van der Waals surface area contributed by atoms with Crippen molar-refractivity contribution in [1.82, 2.24) is 9.97 Å². The fourth-order valence-electron chi connectivity index (χ4n) is 2.15. The molecule has 0 aliphatic carbocycles. The van der Waals surface area contributed by atoms with E-state index >= 15 is 0 Å². The van der Waals surface area contributed by atoms with E-state index < -0.39 is 0 Å². The van der Waals surface area contributed by atoms with E-state index in [0.29, 0.717) is 11.6 Å². The maximum Gasteiger partial charge on any atom is 0.162 e. The molecule has 2 aromatic carbocycles. The van der Waals surface area contributed by atoms with E-state index in [1.165, 1.54) is 0 Å². The van der Waals surface area contributed by atoms with Crippen molar-refractivity contribution in [1.29, 1.82) is 0 Å². The Morgan fingerprint density at radius 2 is 1.67 bits per heavy atom. The van der Waals surface area contributed by atoms with E-state index in [4.69, 9.17) is 15.2 Å². The van der Waals surface area contributed by atoms with Gasteiger partial charge in [0.15, 0.2) is 5.82 Å². The van der Waals surface area contributed by atoms with Crippen molar-refractivity contribution in [3.05, 3.63) is 42.5 Å². The molecule has 3 rings (SSSR count). The molecule has 5 heteroatoms. The number of nitrogens with zero attached hydrogens (tertiary/aromatic N) is 2. The Labute approximate surface area is 122 Å². The van der Waals surface area contributed by atoms with Crippen LogP contribution in [0, 0.1) is 0 Å². The van der Waals surface area contributed by atoms with Gasteiger partial charge in [0.2, 0.25) is 0 Å². The highest BCUT2D eigenvalue weighted by molar-refractivity contribution is 5.90. The van der Waals surface area contributed by atoms with Gasteiger partial charge >= 0.3 is 0 Å². The van der Waals surface area contributed by atoms with Crippen LogP contribution in [-0.2, 0) is 0 Å². The number of nitrogens with two attached hydrogens (primary N) is 1. The van der Waals surface area contributed by atoms with Crippen molar-refractivity contribution < 1.29 is 9.47 Å². The van der Waals surface area contributed by atoms with Crippen LogP contribution >= 0.6 is 0 Å². The summed E-state index contributed by atoms with van der Waals surface area (Å²) < 4.78 is 10.4. The third-order valence-electron chi connectivity index (χ3n) is 3.26. The Kier molecular flexibility index (Phi) is 3.31. The third-order valence-corrected chi connectivity index (χ3v) is 3.26. The van der Waals surface area contributed by atoms with E-state index in [0.717, 1.165) is 28.0 Å². The monoisotopic (exact) mass is 281 g/mol. The molecule has 0 saturated heterocycles. The molecule has 0 radical (unpaired) electrons. The second kappa shape index (κ2) is 5.28. The number of anilines is 1. The van der Waals surface area contributed by atoms with Crippen molar-refractivity contribution in [3.8, 4) is 22.9 Å². The Morgan fingerprint density at radius 3 is 2.43 bits per heavy atom. The average molecular weight is 281 g/mol. The molecule has 0 atom stereocenters. The van der Waals surface area contributed by atoms with Gasteiger partial charge in [-0.05, 0) is 30.3 Å². The first-order chi connectivity index (χ1) is 10.2. The Hall–Kier alpha value is -2.82. The molecule has 1 aromatic heterocycles. The quantitative estimate of drug-likeness (QED) is 0.799. The average Bonchev–Trinajstić information content (AvgIpc) is 2.54. The molecule has 0 unspecified atom stereocenters. The van der Waals surface area contributed by atoms with Gasteiger partial charge in [0, 0.05) is 10.9 Å². The summed E-state index contributed by atoms with van der Waals surface area (Å²) in [5, 5.41) is 0.779. The number of hydrogen-bond donors (Lipinski definition) is 1. The van der Waals surface area contributed by atoms with Crippen molar-refractivity contribution in [2.24, 2.45) is 0 Å². The van der Waals surface area contributed by atoms with Crippen LogP contribution in [-0.4, -0.2) is 24.2 Å². The summed E-state index contributed by atoms with van der Waals surface area (Å²) in [6, 6.07) is 13.1. The Balaban J connectivity index is 2.16. The zero-order chi connectivity index (χ0) is 14.8. The predicted octanol–water partition coefficient (Wildman–Crippen LogP) is 2.90. The summed E-state index contributed by atoms with van der Waals surface area (Å²) in [5.74, 6) is 2.48. The lowest BCUT2D eigenvalue weighted by Crippen LogP contribution is -1.98. The lowest BCUT2D eigenvalue weighted by molar-refractivity contribution is 0.415. The van der Waals surface area contributed by atoms with E-state index in [9.17, 15) is 0 Å². The lowest BCUT2D eigenvalue weighted by atomic mass is 10.1. The summed E-state index contributed by atoms with van der Waals surface area (Å²) >= 11 is 0. The number of nitrogen functional groups attached to an aromatic ring is 1. The molecule has 0 amide bonds. The fourth-order valence-corrected chi connectivity index (χ4v) is 2.15. The van der Waals surface area contributed by atoms with Gasteiger partial charge < -0.3 is 15.2 Å². The number of ether oxygens (including phenoxy) is 2. The molecule has 5 nitrogen and oxygen atoms in total. The Morgan fingerprint density at radius 1 is 0.905 bits per heavy atom. The van der Waals surface area contributed by atoms with E-state index in [2.05, 4.69) is 9.97 Å². The van der Waals surface area contributed by atoms with Crippen LogP contribution in [0.15, 0.2) is 42.5 Å². The molecule has 0 spiro atoms. The van der Waals surface area contributed by atoms with Gasteiger partial charge in [-0.15, -0.1) is 0 Å². The first-order valence-corrected chi connectivity index (χ1v) is 6.47. The zero-order valence-corrected chi connectivity index (χ0v) is 11.8. The van der Waals surface area contributed by atoms with Crippen LogP contribution in [0.25, 0.3) is 22.3 Å². The largest absolute Gasteiger partial charge is 0.497 e. The number of rotatable bonds is 3. The maximum atomic E-state index is 6.05. The topological polar surface area (TPSA) is 70.3 Å². The first kappa shape index (κ1) is 13.2. The standard InChI is InChI=1S/C16H15N3O2/c1-20-11-5-3-4-10(8-11)16-18-14-7-6-12(21-2)9-13(14)15(17)19-16/h3-9H,1-2H3,(H2,17,18,19). The van der Waals surface area contributed by atoms with Crippen molar-refractivity contribution in [2.75, 3.05) is 20.0 Å². The summed E-state index contributed by atoms with van der Waals surface area (Å²) in [5.41, 5.74) is 7.69. The Bertz CT molecular complexity index is 803. The van der Waals surface area contributed by atoms with Crippen LogP contribution in [0.2, 0.25) is 0 Å². The molecule has 0 aliphatic heterocycles. The third kappa shape index (κ3) is 2.45. The molecule has 0 fully saturated rings. The van der Waals surface area contributed by atoms with E-state index in [-0.39, 0.29) is 0 Å².